The van der Waals surface area contributed by atoms with Gasteiger partial charge >= 0.3 is 0 Å². The SMILES string of the molecule is O=C(c1ccnc(OC2CCOCC2)c1)N1CCCc2ccccc21. The van der Waals surface area contributed by atoms with Gasteiger partial charge in [0.25, 0.3) is 5.91 Å². The Morgan fingerprint density at radius 2 is 2.04 bits per heavy atom. The number of anilines is 1. The number of benzene rings is 1. The Morgan fingerprint density at radius 3 is 2.92 bits per heavy atom. The number of aryl methyl sites for hydroxylation is 1. The number of aromatic nitrogens is 1. The molecule has 2 aromatic rings. The lowest BCUT2D eigenvalue weighted by Crippen LogP contribution is -2.35. The summed E-state index contributed by atoms with van der Waals surface area (Å²) in [5, 5.41) is 0. The van der Waals surface area contributed by atoms with Gasteiger partial charge in [0.2, 0.25) is 5.88 Å². The molecule has 0 aliphatic carbocycles. The van der Waals surface area contributed by atoms with E-state index in [2.05, 4.69) is 11.1 Å². The van der Waals surface area contributed by atoms with Gasteiger partial charge in [-0.25, -0.2) is 4.98 Å². The van der Waals surface area contributed by atoms with Gasteiger partial charge in [0.05, 0.1) is 13.2 Å². The average molecular weight is 338 g/mol. The molecule has 0 spiro atoms. The van der Waals surface area contributed by atoms with Crippen molar-refractivity contribution in [1.82, 2.24) is 4.98 Å². The van der Waals surface area contributed by atoms with Crippen LogP contribution in [0.25, 0.3) is 0 Å². The largest absolute Gasteiger partial charge is 0.474 e. The molecule has 1 saturated heterocycles. The fraction of sp³-hybridized carbons (Fsp3) is 0.400. The van der Waals surface area contributed by atoms with Crippen molar-refractivity contribution in [2.75, 3.05) is 24.7 Å². The minimum absolute atomic E-state index is 0.00591. The molecule has 0 atom stereocenters. The number of para-hydroxylation sites is 1. The topological polar surface area (TPSA) is 51.7 Å². The number of fused-ring (bicyclic) bond motifs is 1. The van der Waals surface area contributed by atoms with Gasteiger partial charge < -0.3 is 14.4 Å². The first-order valence-electron chi connectivity index (χ1n) is 8.91. The molecular formula is C20H22N2O3. The van der Waals surface area contributed by atoms with Crippen molar-refractivity contribution in [1.29, 1.82) is 0 Å². The molecule has 1 fully saturated rings. The predicted molar refractivity (Wildman–Crippen MR) is 95.1 cm³/mol. The summed E-state index contributed by atoms with van der Waals surface area (Å²) in [4.78, 5) is 19.2. The van der Waals surface area contributed by atoms with E-state index in [0.29, 0.717) is 24.7 Å². The number of hydrogen-bond donors (Lipinski definition) is 0. The van der Waals surface area contributed by atoms with Crippen molar-refractivity contribution < 1.29 is 14.3 Å². The monoisotopic (exact) mass is 338 g/mol. The normalized spacial score (nSPS) is 17.8. The number of ether oxygens (including phenoxy) is 2. The van der Waals surface area contributed by atoms with Crippen LogP contribution in [-0.2, 0) is 11.2 Å². The van der Waals surface area contributed by atoms with Crippen molar-refractivity contribution in [2.45, 2.75) is 31.8 Å². The lowest BCUT2D eigenvalue weighted by molar-refractivity contribution is 0.0237. The lowest BCUT2D eigenvalue weighted by atomic mass is 10.0. The van der Waals surface area contributed by atoms with Crippen LogP contribution in [0.4, 0.5) is 5.69 Å². The number of nitrogens with zero attached hydrogens (tertiary/aromatic N) is 2. The van der Waals surface area contributed by atoms with Crippen molar-refractivity contribution in [3.63, 3.8) is 0 Å². The second-order valence-electron chi connectivity index (χ2n) is 6.50. The summed E-state index contributed by atoms with van der Waals surface area (Å²) in [6, 6.07) is 11.6. The van der Waals surface area contributed by atoms with Gasteiger partial charge in [-0.15, -0.1) is 0 Å². The Balaban J connectivity index is 1.54. The maximum absolute atomic E-state index is 13.0. The fourth-order valence-corrected chi connectivity index (χ4v) is 3.47. The second kappa shape index (κ2) is 7.23. The molecule has 1 aromatic carbocycles. The zero-order valence-electron chi connectivity index (χ0n) is 14.2. The maximum Gasteiger partial charge on any atom is 0.258 e. The molecule has 25 heavy (non-hydrogen) atoms. The van der Waals surface area contributed by atoms with Crippen LogP contribution < -0.4 is 9.64 Å². The zero-order chi connectivity index (χ0) is 17.1. The molecule has 2 aliphatic rings. The Hall–Kier alpha value is -2.40. The number of rotatable bonds is 3. The van der Waals surface area contributed by atoms with E-state index in [1.807, 2.05) is 23.1 Å². The molecule has 4 rings (SSSR count). The highest BCUT2D eigenvalue weighted by Crippen LogP contribution is 2.28. The summed E-state index contributed by atoms with van der Waals surface area (Å²) < 4.78 is 11.3. The van der Waals surface area contributed by atoms with Crippen molar-refractivity contribution in [2.24, 2.45) is 0 Å². The first kappa shape index (κ1) is 16.1. The molecule has 130 valence electrons. The van der Waals surface area contributed by atoms with Gasteiger partial charge in [0.15, 0.2) is 0 Å². The van der Waals surface area contributed by atoms with Gasteiger partial charge in [-0.05, 0) is 30.5 Å². The predicted octanol–water partition coefficient (Wildman–Crippen LogP) is 3.23. The highest BCUT2D eigenvalue weighted by molar-refractivity contribution is 6.06. The first-order chi connectivity index (χ1) is 12.3. The minimum Gasteiger partial charge on any atom is -0.474 e. The standard InChI is InChI=1S/C20H22N2O3/c23-20(22-11-3-5-15-4-1-2-6-18(15)22)16-7-10-21-19(14-16)25-17-8-12-24-13-9-17/h1-2,4,6-7,10,14,17H,3,5,8-9,11-13H2. The van der Waals surface area contributed by atoms with E-state index in [0.717, 1.165) is 37.9 Å². The summed E-state index contributed by atoms with van der Waals surface area (Å²) in [6.45, 7) is 2.18. The third-order valence-corrected chi connectivity index (χ3v) is 4.79. The van der Waals surface area contributed by atoms with E-state index in [1.54, 1.807) is 18.3 Å². The number of carbonyl (C=O) groups is 1. The molecule has 5 heteroatoms. The molecule has 0 bridgehead atoms. The molecule has 0 saturated carbocycles. The second-order valence-corrected chi connectivity index (χ2v) is 6.50. The molecule has 0 unspecified atom stereocenters. The van der Waals surface area contributed by atoms with Crippen LogP contribution in [0, 0.1) is 0 Å². The van der Waals surface area contributed by atoms with E-state index in [-0.39, 0.29) is 12.0 Å². The van der Waals surface area contributed by atoms with E-state index in [4.69, 9.17) is 9.47 Å². The first-order valence-corrected chi connectivity index (χ1v) is 8.91. The van der Waals surface area contributed by atoms with Gasteiger partial charge in [0.1, 0.15) is 6.10 Å². The molecule has 3 heterocycles. The summed E-state index contributed by atoms with van der Waals surface area (Å²) in [6.07, 6.45) is 5.49. The smallest absolute Gasteiger partial charge is 0.258 e. The summed E-state index contributed by atoms with van der Waals surface area (Å²) in [7, 11) is 0. The molecule has 0 radical (unpaired) electrons. The number of amides is 1. The molecular weight excluding hydrogens is 316 g/mol. The van der Waals surface area contributed by atoms with Crippen LogP contribution in [0.1, 0.15) is 35.2 Å². The number of pyridine rings is 1. The number of hydrogen-bond acceptors (Lipinski definition) is 4. The van der Waals surface area contributed by atoms with Crippen LogP contribution >= 0.6 is 0 Å². The van der Waals surface area contributed by atoms with Gasteiger partial charge in [-0.2, -0.15) is 0 Å². The quantitative estimate of drug-likeness (QED) is 0.862. The van der Waals surface area contributed by atoms with Gasteiger partial charge in [-0.1, -0.05) is 18.2 Å². The van der Waals surface area contributed by atoms with Crippen LogP contribution in [0.5, 0.6) is 5.88 Å². The summed E-state index contributed by atoms with van der Waals surface area (Å²) in [5.41, 5.74) is 2.87. The van der Waals surface area contributed by atoms with Gasteiger partial charge in [-0.3, -0.25) is 4.79 Å². The summed E-state index contributed by atoms with van der Waals surface area (Å²) in [5.74, 6) is 0.523. The van der Waals surface area contributed by atoms with E-state index in [1.165, 1.54) is 5.56 Å². The van der Waals surface area contributed by atoms with Crippen LogP contribution in [0.2, 0.25) is 0 Å². The Labute approximate surface area is 147 Å². The maximum atomic E-state index is 13.0. The highest BCUT2D eigenvalue weighted by atomic mass is 16.5. The minimum atomic E-state index is 0.00591. The Kier molecular flexibility index (Phi) is 4.65. The fourth-order valence-electron chi connectivity index (χ4n) is 3.47. The van der Waals surface area contributed by atoms with Gasteiger partial charge in [0, 0.05) is 42.9 Å². The Morgan fingerprint density at radius 1 is 1.20 bits per heavy atom. The third kappa shape index (κ3) is 3.51. The van der Waals surface area contributed by atoms with Crippen LogP contribution in [0.15, 0.2) is 42.6 Å². The van der Waals surface area contributed by atoms with E-state index in [9.17, 15) is 4.79 Å². The van der Waals surface area contributed by atoms with Crippen molar-refractivity contribution >= 4 is 11.6 Å². The van der Waals surface area contributed by atoms with Crippen molar-refractivity contribution in [3.05, 3.63) is 53.7 Å². The molecule has 5 nitrogen and oxygen atoms in total. The van der Waals surface area contributed by atoms with Crippen LogP contribution in [0.3, 0.4) is 0 Å². The molecule has 0 N–H and O–H groups in total. The molecule has 1 amide bonds. The van der Waals surface area contributed by atoms with E-state index >= 15 is 0 Å². The lowest BCUT2D eigenvalue weighted by Gasteiger charge is -2.29. The van der Waals surface area contributed by atoms with Crippen LogP contribution in [-0.4, -0.2) is 36.8 Å². The van der Waals surface area contributed by atoms with Crippen molar-refractivity contribution in [3.8, 4) is 5.88 Å². The summed E-state index contributed by atoms with van der Waals surface area (Å²) >= 11 is 0. The third-order valence-electron chi connectivity index (χ3n) is 4.79. The Bertz CT molecular complexity index is 756. The average Bonchev–Trinajstić information content (AvgIpc) is 2.68. The number of carbonyl (C=O) groups excluding carboxylic acids is 1. The van der Waals surface area contributed by atoms with E-state index < -0.39 is 0 Å². The molecule has 2 aliphatic heterocycles. The molecule has 1 aromatic heterocycles. The highest BCUT2D eigenvalue weighted by Gasteiger charge is 2.24. The zero-order valence-corrected chi connectivity index (χ0v) is 14.2.